The normalized spacial score (nSPS) is 46.4. The average Bonchev–Trinajstić information content (AvgIpc) is 3.66. The molecule has 6 heterocycles. The molecule has 35 nitrogen and oxygen atoms in total. The van der Waals surface area contributed by atoms with Crippen LogP contribution in [0.2, 0.25) is 0 Å². The first-order chi connectivity index (χ1) is 39.0. The minimum absolute atomic E-state index is 0.0986. The molecule has 1 amide bonds. The van der Waals surface area contributed by atoms with Crippen LogP contribution in [0.15, 0.2) is 0 Å². The molecule has 31 atom stereocenters. The highest BCUT2D eigenvalue weighted by atomic mass is 16.9. The maximum absolute atomic E-state index is 12.9. The molecule has 11 unspecified atom stereocenters. The number of aliphatic hydroxyl groups excluding tert-OH is 18. The molecule has 478 valence electrons. The average molecular weight is 1200 g/mol. The third-order valence-electron chi connectivity index (χ3n) is 15.2. The Balaban J connectivity index is 1.20. The molecule has 0 radical (unpaired) electrons. The Morgan fingerprint density at radius 3 is 1.55 bits per heavy atom. The third kappa shape index (κ3) is 15.5. The molecule has 0 aliphatic carbocycles. The van der Waals surface area contributed by atoms with Crippen LogP contribution in [0.4, 0.5) is 0 Å². The Bertz CT molecular complexity index is 1920. The fourth-order valence-corrected chi connectivity index (χ4v) is 10.5. The molecule has 0 aromatic carbocycles. The molecule has 6 rings (SSSR count). The van der Waals surface area contributed by atoms with Crippen molar-refractivity contribution in [3.05, 3.63) is 0 Å². The van der Waals surface area contributed by atoms with Gasteiger partial charge in [0.05, 0.1) is 58.3 Å². The maximum atomic E-state index is 12.9. The van der Waals surface area contributed by atoms with Gasteiger partial charge in [-0.3, -0.25) is 9.59 Å². The van der Waals surface area contributed by atoms with Crippen LogP contribution in [0.25, 0.3) is 0 Å². The van der Waals surface area contributed by atoms with Crippen molar-refractivity contribution in [1.82, 2.24) is 5.32 Å². The number of hydrogen-bond donors (Lipinski definition) is 20. The van der Waals surface area contributed by atoms with Gasteiger partial charge in [-0.2, -0.15) is 0 Å². The first kappa shape index (κ1) is 68.8. The van der Waals surface area contributed by atoms with Gasteiger partial charge in [-0.05, 0) is 25.8 Å². The van der Waals surface area contributed by atoms with Crippen LogP contribution in [0.3, 0.4) is 0 Å². The molecule has 0 aromatic rings. The smallest absolute Gasteiger partial charge is 0.332 e. The van der Waals surface area contributed by atoms with Gasteiger partial charge in [0.25, 0.3) is 6.47 Å². The number of carbonyl (C=O) groups excluding carboxylic acids is 2. The molecule has 0 aromatic heterocycles. The fourth-order valence-electron chi connectivity index (χ4n) is 10.5. The number of amides is 1. The van der Waals surface area contributed by atoms with Crippen LogP contribution in [0, 0.1) is 5.92 Å². The summed E-state index contributed by atoms with van der Waals surface area (Å²) in [6, 6.07) is -1.86. The number of hydrogen-bond acceptors (Lipinski definition) is 34. The first-order valence-electron chi connectivity index (χ1n) is 26.8. The third-order valence-corrected chi connectivity index (χ3v) is 15.2. The minimum Gasteiger partial charge on any atom is -0.410 e. The van der Waals surface area contributed by atoms with Crippen molar-refractivity contribution in [1.29, 1.82) is 0 Å². The number of aliphatic hydroxyl groups is 18. The van der Waals surface area contributed by atoms with Crippen LogP contribution in [-0.4, -0.2) is 341 Å². The van der Waals surface area contributed by atoms with E-state index in [9.17, 15) is 102 Å². The summed E-state index contributed by atoms with van der Waals surface area (Å²) in [4.78, 5) is 24.8. The summed E-state index contributed by atoms with van der Waals surface area (Å²) >= 11 is 0. The number of ether oxygens (including phenoxy) is 13. The number of nitrogens with one attached hydrogen (secondary N) is 1. The van der Waals surface area contributed by atoms with E-state index >= 15 is 0 Å². The lowest BCUT2D eigenvalue weighted by atomic mass is 9.86. The minimum atomic E-state index is -2.80. The summed E-state index contributed by atoms with van der Waals surface area (Å²) in [7, 11) is 0. The van der Waals surface area contributed by atoms with Gasteiger partial charge >= 0.3 is 5.97 Å². The van der Waals surface area contributed by atoms with Gasteiger partial charge in [-0.25, -0.2) is 0 Å². The van der Waals surface area contributed by atoms with Gasteiger partial charge in [-0.1, -0.05) is 6.92 Å². The lowest BCUT2D eigenvalue weighted by Crippen LogP contribution is -2.70. The molecule has 0 bridgehead atoms. The van der Waals surface area contributed by atoms with E-state index in [-0.39, 0.29) is 13.1 Å². The molecular formula is C47H82N2O33. The zero-order chi connectivity index (χ0) is 60.5. The molecule has 0 saturated carbocycles. The van der Waals surface area contributed by atoms with Crippen molar-refractivity contribution in [3.63, 3.8) is 0 Å². The standard InChI is InChI=1S/C47H82N2O33/c1-16-18(58)8-47(71-15-56,81-36(16)26(60)19(59)9-50)82-41-29(63)22(12-53)74-46(35(41)69)79-39-25(49-17(2)57)42(72-20(10-51)27(39)61)80-40-28(62)21(11-52)73-45(34(40)68)78-38-24(14-55)76-44(33(67)31(38)65)77-37-23(13-54)75-43(32(66)30(37)64)70-7-5-3-4-6-48/h15-16,18-46,50-55,58-69H,3-14,48H2,1-2H3,(H,49,57)/t16-,18-,19-,20?,21?,22?,23?,24?,25?,26-,27+,28+,29+,30-,31-,32?,33?,34?,35?,36?,37-,38+,39-,40+,41+,42+,43-,44+,45-,46+,47+/m1/s1. The predicted molar refractivity (Wildman–Crippen MR) is 257 cm³/mol. The van der Waals surface area contributed by atoms with E-state index in [1.165, 1.54) is 6.92 Å². The molecule has 6 aliphatic heterocycles. The van der Waals surface area contributed by atoms with E-state index in [2.05, 4.69) is 5.32 Å². The van der Waals surface area contributed by atoms with Crippen molar-refractivity contribution in [2.45, 2.75) is 223 Å². The summed E-state index contributed by atoms with van der Waals surface area (Å²) in [5, 5.41) is 198. The lowest BCUT2D eigenvalue weighted by molar-refractivity contribution is -0.448. The van der Waals surface area contributed by atoms with E-state index in [0.717, 1.165) is 6.92 Å². The molecule has 82 heavy (non-hydrogen) atoms. The van der Waals surface area contributed by atoms with Crippen molar-refractivity contribution in [2.24, 2.45) is 11.7 Å². The van der Waals surface area contributed by atoms with Gasteiger partial charge in [0.1, 0.15) is 134 Å². The zero-order valence-corrected chi connectivity index (χ0v) is 44.6. The molecule has 21 N–H and O–H groups in total. The summed E-state index contributed by atoms with van der Waals surface area (Å²) in [6.45, 7) is -3.31. The van der Waals surface area contributed by atoms with E-state index in [1.807, 2.05) is 0 Å². The largest absolute Gasteiger partial charge is 0.410 e. The highest BCUT2D eigenvalue weighted by molar-refractivity contribution is 5.73. The Hall–Kier alpha value is -2.30. The lowest BCUT2D eigenvalue weighted by Gasteiger charge is -2.51. The Kier molecular flexibility index (Phi) is 26.1. The summed E-state index contributed by atoms with van der Waals surface area (Å²) in [6.07, 6.45) is -52.3. The second-order valence-electron chi connectivity index (χ2n) is 20.8. The van der Waals surface area contributed by atoms with Crippen LogP contribution in [-0.2, 0) is 71.2 Å². The number of nitrogens with two attached hydrogens (primary N) is 1. The maximum Gasteiger partial charge on any atom is 0.332 e. The summed E-state index contributed by atoms with van der Waals surface area (Å²) in [5.41, 5.74) is 5.51. The van der Waals surface area contributed by atoms with Crippen molar-refractivity contribution in [2.75, 3.05) is 52.8 Å². The molecular weight excluding hydrogens is 1120 g/mol. The van der Waals surface area contributed by atoms with E-state index in [1.54, 1.807) is 0 Å². The highest BCUT2D eigenvalue weighted by Gasteiger charge is 2.60. The topological polar surface area (TPSA) is 556 Å². The highest BCUT2D eigenvalue weighted by Crippen LogP contribution is 2.41. The molecule has 0 spiro atoms. The second kappa shape index (κ2) is 31.1. The van der Waals surface area contributed by atoms with Crippen molar-refractivity contribution >= 4 is 12.4 Å². The number of unbranched alkanes of at least 4 members (excludes halogenated alkanes) is 2. The van der Waals surface area contributed by atoms with Crippen molar-refractivity contribution < 1.29 is 163 Å². The molecule has 6 saturated heterocycles. The van der Waals surface area contributed by atoms with Gasteiger partial charge in [0, 0.05) is 19.4 Å². The van der Waals surface area contributed by atoms with E-state index < -0.39 is 242 Å². The van der Waals surface area contributed by atoms with Gasteiger partial charge in [0.15, 0.2) is 31.5 Å². The van der Waals surface area contributed by atoms with Crippen LogP contribution in [0.5, 0.6) is 0 Å². The predicted octanol–water partition coefficient (Wildman–Crippen LogP) is -12.3. The van der Waals surface area contributed by atoms with E-state index in [4.69, 9.17) is 67.3 Å². The van der Waals surface area contributed by atoms with Crippen LogP contribution < -0.4 is 11.1 Å². The Morgan fingerprint density at radius 1 is 0.585 bits per heavy atom. The first-order valence-corrected chi connectivity index (χ1v) is 26.8. The zero-order valence-electron chi connectivity index (χ0n) is 44.6. The van der Waals surface area contributed by atoms with Gasteiger partial charge < -0.3 is 165 Å². The Labute approximate surface area is 467 Å². The van der Waals surface area contributed by atoms with Crippen LogP contribution in [0.1, 0.15) is 39.5 Å². The Morgan fingerprint density at radius 2 is 1.04 bits per heavy atom. The monoisotopic (exact) mass is 1200 g/mol. The van der Waals surface area contributed by atoms with Gasteiger partial charge in [-0.15, -0.1) is 0 Å². The second-order valence-corrected chi connectivity index (χ2v) is 20.8. The van der Waals surface area contributed by atoms with Gasteiger partial charge in [0.2, 0.25) is 5.91 Å². The van der Waals surface area contributed by atoms with Crippen molar-refractivity contribution in [3.8, 4) is 0 Å². The number of rotatable bonds is 27. The number of carbonyl (C=O) groups is 2. The van der Waals surface area contributed by atoms with Crippen LogP contribution >= 0.6 is 0 Å². The molecule has 6 fully saturated rings. The molecule has 6 aliphatic rings. The van der Waals surface area contributed by atoms with E-state index in [0.29, 0.717) is 25.8 Å². The molecule has 35 heteroatoms. The quantitative estimate of drug-likeness (QED) is 0.0206. The summed E-state index contributed by atoms with van der Waals surface area (Å²) < 4.78 is 74.5. The SMILES string of the molecule is CC(=O)NC1[C@H](O[C@@H]2C(O)[C@@H](O[C@H]3C(CO)O[C@@H](O[C@@H]4C(CO)O[C@@H](OCCCCCN)C(O)[C@H]4O)C(O)[C@H]3O)OC(CO)[C@@H]2O)OC(CO)[C@H](O)[C@@H]1O[C@@H]1OC(CO)[C@H](O)[C@H](O[C@]2(OC=O)C[C@@H](O)[C@@H](C)C([C@H](O)[C@H](O)CO)O2)C1O. The fraction of sp³-hybridized carbons (Fsp3) is 0.957. The summed E-state index contributed by atoms with van der Waals surface area (Å²) in [5.74, 6) is -4.74.